The van der Waals surface area contributed by atoms with Crippen LogP contribution >= 0.6 is 11.3 Å². The fourth-order valence-corrected chi connectivity index (χ4v) is 5.67. The molecule has 7 heteroatoms. The van der Waals surface area contributed by atoms with E-state index in [4.69, 9.17) is 0 Å². The lowest BCUT2D eigenvalue weighted by atomic mass is 9.88. The Bertz CT molecular complexity index is 917. The molecule has 2 aromatic rings. The number of carbonyl (C=O) groups is 1. The Labute approximate surface area is 164 Å². The van der Waals surface area contributed by atoms with Crippen LogP contribution in [0.15, 0.2) is 40.7 Å². The minimum absolute atomic E-state index is 0.0208. The van der Waals surface area contributed by atoms with E-state index in [1.54, 1.807) is 18.3 Å². The summed E-state index contributed by atoms with van der Waals surface area (Å²) in [6.07, 6.45) is 9.86. The Kier molecular flexibility index (Phi) is 4.84. The van der Waals surface area contributed by atoms with Crippen molar-refractivity contribution in [3.8, 4) is 0 Å². The summed E-state index contributed by atoms with van der Waals surface area (Å²) in [6.45, 7) is 0. The quantitative estimate of drug-likeness (QED) is 0.789. The van der Waals surface area contributed by atoms with E-state index >= 15 is 0 Å². The number of rotatable bonds is 6. The average molecular weight is 405 g/mol. The molecule has 1 amide bonds. The number of amides is 1. The number of thiazole rings is 1. The van der Waals surface area contributed by atoms with Crippen LogP contribution in [-0.4, -0.2) is 25.6 Å². The Hall–Kier alpha value is -1.73. The standard InChI is InChI=1S/C20H24N2O3S2/c1-27(24,25)17-8-6-15(7-9-17)20(18(23)22-19-21-10-11-26-19)13-16(20)12-14-4-2-3-5-14/h6-11,14,16H,2-5,12-13H2,1H3,(H,21,22,23). The third-order valence-corrected chi connectivity index (χ3v) is 7.87. The fourth-order valence-electron chi connectivity index (χ4n) is 4.52. The van der Waals surface area contributed by atoms with Crippen molar-refractivity contribution in [2.45, 2.75) is 48.8 Å². The van der Waals surface area contributed by atoms with Gasteiger partial charge in [0.1, 0.15) is 0 Å². The predicted molar refractivity (Wildman–Crippen MR) is 107 cm³/mol. The number of hydrogen-bond donors (Lipinski definition) is 1. The van der Waals surface area contributed by atoms with E-state index in [1.807, 2.05) is 17.5 Å². The zero-order chi connectivity index (χ0) is 19.1. The molecule has 27 heavy (non-hydrogen) atoms. The van der Waals surface area contributed by atoms with Crippen molar-refractivity contribution in [3.05, 3.63) is 41.4 Å². The highest BCUT2D eigenvalue weighted by atomic mass is 32.2. The maximum Gasteiger partial charge on any atom is 0.237 e. The number of sulfone groups is 1. The van der Waals surface area contributed by atoms with Crippen LogP contribution in [0.1, 0.15) is 44.1 Å². The van der Waals surface area contributed by atoms with Crippen LogP contribution in [0, 0.1) is 11.8 Å². The average Bonchev–Trinajstić information content (AvgIpc) is 2.99. The van der Waals surface area contributed by atoms with E-state index in [2.05, 4.69) is 10.3 Å². The maximum atomic E-state index is 13.2. The molecular formula is C20H24N2O3S2. The number of hydrogen-bond acceptors (Lipinski definition) is 5. The smallest absolute Gasteiger partial charge is 0.237 e. The lowest BCUT2D eigenvalue weighted by Gasteiger charge is -2.19. The Morgan fingerprint density at radius 1 is 1.26 bits per heavy atom. The topological polar surface area (TPSA) is 76.1 Å². The normalized spacial score (nSPS) is 25.4. The molecule has 2 saturated carbocycles. The summed E-state index contributed by atoms with van der Waals surface area (Å²) >= 11 is 1.41. The molecule has 144 valence electrons. The van der Waals surface area contributed by atoms with Gasteiger partial charge in [0.2, 0.25) is 5.91 Å². The van der Waals surface area contributed by atoms with Crippen molar-refractivity contribution >= 4 is 32.2 Å². The molecule has 1 N–H and O–H groups in total. The Balaban J connectivity index is 1.61. The van der Waals surface area contributed by atoms with Gasteiger partial charge < -0.3 is 5.32 Å². The lowest BCUT2D eigenvalue weighted by Crippen LogP contribution is -2.30. The van der Waals surface area contributed by atoms with Crippen molar-refractivity contribution < 1.29 is 13.2 Å². The SMILES string of the molecule is CS(=O)(=O)c1ccc(C2(C(=O)Nc3nccs3)CC2CC2CCCC2)cc1. The fraction of sp³-hybridized carbons (Fsp3) is 0.500. The van der Waals surface area contributed by atoms with Gasteiger partial charge in [0, 0.05) is 17.8 Å². The molecule has 2 fully saturated rings. The first-order chi connectivity index (χ1) is 12.9. The molecule has 0 saturated heterocycles. The van der Waals surface area contributed by atoms with Gasteiger partial charge in [-0.25, -0.2) is 13.4 Å². The number of benzene rings is 1. The molecular weight excluding hydrogens is 380 g/mol. The van der Waals surface area contributed by atoms with Crippen molar-refractivity contribution in [3.63, 3.8) is 0 Å². The predicted octanol–water partition coefficient (Wildman–Crippen LogP) is 4.02. The molecule has 5 nitrogen and oxygen atoms in total. The number of carbonyl (C=O) groups excluding carboxylic acids is 1. The Morgan fingerprint density at radius 3 is 2.56 bits per heavy atom. The summed E-state index contributed by atoms with van der Waals surface area (Å²) in [5, 5.41) is 5.42. The second-order valence-corrected chi connectivity index (χ2v) is 10.8. The maximum absolute atomic E-state index is 13.2. The highest BCUT2D eigenvalue weighted by Gasteiger charge is 2.61. The van der Waals surface area contributed by atoms with Crippen LogP contribution in [0.3, 0.4) is 0 Å². The summed E-state index contributed by atoms with van der Waals surface area (Å²) in [5.41, 5.74) is 0.344. The molecule has 1 aromatic carbocycles. The molecule has 1 aromatic heterocycles. The van der Waals surface area contributed by atoms with Gasteiger partial charge in [0.15, 0.2) is 15.0 Å². The third kappa shape index (κ3) is 3.67. The van der Waals surface area contributed by atoms with Gasteiger partial charge in [-0.15, -0.1) is 11.3 Å². The summed E-state index contributed by atoms with van der Waals surface area (Å²) in [5.74, 6) is 0.997. The van der Waals surface area contributed by atoms with Crippen LogP contribution in [0.5, 0.6) is 0 Å². The minimum Gasteiger partial charge on any atom is -0.301 e. The van der Waals surface area contributed by atoms with Gasteiger partial charge in [-0.2, -0.15) is 0 Å². The highest BCUT2D eigenvalue weighted by Crippen LogP contribution is 2.58. The molecule has 4 rings (SSSR count). The van der Waals surface area contributed by atoms with Crippen LogP contribution < -0.4 is 5.32 Å². The van der Waals surface area contributed by atoms with Crippen molar-refractivity contribution in [2.24, 2.45) is 11.8 Å². The third-order valence-electron chi connectivity index (χ3n) is 6.05. The van der Waals surface area contributed by atoms with E-state index in [-0.39, 0.29) is 10.8 Å². The first-order valence-electron chi connectivity index (χ1n) is 9.41. The van der Waals surface area contributed by atoms with Crippen LogP contribution in [-0.2, 0) is 20.0 Å². The van der Waals surface area contributed by atoms with Crippen molar-refractivity contribution in [2.75, 3.05) is 11.6 Å². The molecule has 2 atom stereocenters. The van der Waals surface area contributed by atoms with Gasteiger partial charge in [-0.3, -0.25) is 4.79 Å². The second-order valence-electron chi connectivity index (χ2n) is 7.85. The van der Waals surface area contributed by atoms with Gasteiger partial charge in [-0.05, 0) is 42.4 Å². The van der Waals surface area contributed by atoms with Crippen molar-refractivity contribution in [1.29, 1.82) is 0 Å². The van der Waals surface area contributed by atoms with E-state index in [1.165, 1.54) is 43.3 Å². The molecule has 2 aliphatic carbocycles. The minimum atomic E-state index is -3.25. The van der Waals surface area contributed by atoms with Crippen molar-refractivity contribution in [1.82, 2.24) is 4.98 Å². The summed E-state index contributed by atoms with van der Waals surface area (Å²) < 4.78 is 23.5. The van der Waals surface area contributed by atoms with Crippen LogP contribution in [0.2, 0.25) is 0 Å². The van der Waals surface area contributed by atoms with E-state index in [9.17, 15) is 13.2 Å². The molecule has 0 spiro atoms. The number of aromatic nitrogens is 1. The Morgan fingerprint density at radius 2 is 1.96 bits per heavy atom. The number of anilines is 1. The molecule has 0 aliphatic heterocycles. The first-order valence-corrected chi connectivity index (χ1v) is 12.2. The molecule has 2 unspecified atom stereocenters. The van der Waals surface area contributed by atoms with Gasteiger partial charge in [0.25, 0.3) is 0 Å². The molecule has 0 radical (unpaired) electrons. The van der Waals surface area contributed by atoms with E-state index < -0.39 is 15.3 Å². The zero-order valence-corrected chi connectivity index (χ0v) is 17.0. The van der Waals surface area contributed by atoms with Gasteiger partial charge in [0.05, 0.1) is 10.3 Å². The van der Waals surface area contributed by atoms with Gasteiger partial charge >= 0.3 is 0 Å². The summed E-state index contributed by atoms with van der Waals surface area (Å²) in [6, 6.07) is 6.86. The zero-order valence-electron chi connectivity index (χ0n) is 15.3. The van der Waals surface area contributed by atoms with Crippen LogP contribution in [0.25, 0.3) is 0 Å². The van der Waals surface area contributed by atoms with E-state index in [0.717, 1.165) is 18.4 Å². The molecule has 0 bridgehead atoms. The number of nitrogens with zero attached hydrogens (tertiary/aromatic N) is 1. The van der Waals surface area contributed by atoms with Crippen LogP contribution in [0.4, 0.5) is 5.13 Å². The second kappa shape index (κ2) is 7.02. The first kappa shape index (κ1) is 18.6. The van der Waals surface area contributed by atoms with E-state index in [0.29, 0.717) is 17.0 Å². The van der Waals surface area contributed by atoms with Gasteiger partial charge in [-0.1, -0.05) is 37.8 Å². The summed E-state index contributed by atoms with van der Waals surface area (Å²) in [4.78, 5) is 17.7. The molecule has 1 heterocycles. The summed E-state index contributed by atoms with van der Waals surface area (Å²) in [7, 11) is -3.25. The lowest BCUT2D eigenvalue weighted by molar-refractivity contribution is -0.119. The number of nitrogens with one attached hydrogen (secondary N) is 1. The molecule has 2 aliphatic rings. The monoisotopic (exact) mass is 404 g/mol. The highest BCUT2D eigenvalue weighted by molar-refractivity contribution is 7.90. The largest absolute Gasteiger partial charge is 0.301 e.